The summed E-state index contributed by atoms with van der Waals surface area (Å²) in [7, 11) is 3.25. The summed E-state index contributed by atoms with van der Waals surface area (Å²) < 4.78 is 30.4. The molecule has 0 saturated carbocycles. The van der Waals surface area contributed by atoms with Crippen molar-refractivity contribution in [2.24, 2.45) is 4.40 Å². The molecule has 0 radical (unpaired) electrons. The van der Waals surface area contributed by atoms with Gasteiger partial charge in [0.2, 0.25) is 0 Å². The van der Waals surface area contributed by atoms with Gasteiger partial charge >= 0.3 is 5.24 Å². The number of hydrogen-bond acceptors (Lipinski definition) is 3. The summed E-state index contributed by atoms with van der Waals surface area (Å²) in [5, 5.41) is -0.235. The zero-order valence-electron chi connectivity index (χ0n) is 12.1. The Morgan fingerprint density at radius 2 is 1.32 bits per heavy atom. The van der Waals surface area contributed by atoms with Gasteiger partial charge in [-0.15, -0.1) is 0 Å². The van der Waals surface area contributed by atoms with Gasteiger partial charge in [-0.2, -0.15) is 0 Å². The lowest BCUT2D eigenvalue weighted by molar-refractivity contribution is 0.241. The van der Waals surface area contributed by atoms with Crippen molar-refractivity contribution < 1.29 is 13.6 Å². The van der Waals surface area contributed by atoms with Crippen molar-refractivity contribution >= 4 is 22.9 Å². The van der Waals surface area contributed by atoms with Crippen LogP contribution in [0.25, 0.3) is 0 Å². The molecule has 0 fully saturated rings. The lowest BCUT2D eigenvalue weighted by Crippen LogP contribution is -2.16. The van der Waals surface area contributed by atoms with E-state index in [-0.39, 0.29) is 16.9 Å². The van der Waals surface area contributed by atoms with Crippen LogP contribution < -0.4 is 0 Å². The highest BCUT2D eigenvalue weighted by molar-refractivity contribution is 8.12. The molecule has 0 bridgehead atoms. The molecule has 0 atom stereocenters. The molecule has 0 N–H and O–H groups in total. The Morgan fingerprint density at radius 1 is 0.909 bits per heavy atom. The highest BCUT2D eigenvalue weighted by atomic mass is 32.2. The summed E-state index contributed by atoms with van der Waals surface area (Å²) in [5.74, 6) is -0.724. The quantitative estimate of drug-likeness (QED) is 0.629. The zero-order chi connectivity index (χ0) is 16.1. The summed E-state index contributed by atoms with van der Waals surface area (Å²) in [4.78, 5) is 13.1. The third-order valence-electron chi connectivity index (χ3n) is 2.82. The lowest BCUT2D eigenvalue weighted by atomic mass is 10.0. The van der Waals surface area contributed by atoms with Gasteiger partial charge in [0.25, 0.3) is 0 Å². The number of amides is 1. The number of hydrogen-bond donors (Lipinski definition) is 0. The van der Waals surface area contributed by atoms with Crippen molar-refractivity contribution in [2.45, 2.75) is 0 Å². The van der Waals surface area contributed by atoms with Crippen LogP contribution >= 0.6 is 11.9 Å². The number of nitrogens with zero attached hydrogens (tertiary/aromatic N) is 2. The smallest absolute Gasteiger partial charge is 0.303 e. The van der Waals surface area contributed by atoms with Gasteiger partial charge in [0.15, 0.2) is 0 Å². The van der Waals surface area contributed by atoms with Gasteiger partial charge in [0, 0.05) is 25.2 Å². The van der Waals surface area contributed by atoms with Gasteiger partial charge in [-0.25, -0.2) is 13.2 Å². The molecule has 0 spiro atoms. The van der Waals surface area contributed by atoms with Gasteiger partial charge in [-0.05, 0) is 48.5 Å². The third kappa shape index (κ3) is 4.14. The molecular formula is C16H14F2N2OS. The summed E-state index contributed by atoms with van der Waals surface area (Å²) >= 11 is 0.778. The Bertz CT molecular complexity index is 635. The molecule has 22 heavy (non-hydrogen) atoms. The first-order chi connectivity index (χ1) is 10.5. The van der Waals surface area contributed by atoms with Crippen LogP contribution in [0.2, 0.25) is 0 Å². The van der Waals surface area contributed by atoms with E-state index in [2.05, 4.69) is 4.40 Å². The maximum atomic E-state index is 13.1. The van der Waals surface area contributed by atoms with Gasteiger partial charge < -0.3 is 4.90 Å². The first kappa shape index (κ1) is 16.2. The van der Waals surface area contributed by atoms with Crippen molar-refractivity contribution in [1.82, 2.24) is 4.90 Å². The van der Waals surface area contributed by atoms with Crippen molar-refractivity contribution in [3.8, 4) is 0 Å². The van der Waals surface area contributed by atoms with Crippen LogP contribution in [0.3, 0.4) is 0 Å². The summed E-state index contributed by atoms with van der Waals surface area (Å²) in [6.45, 7) is 0. The fourth-order valence-corrected chi connectivity index (χ4v) is 2.20. The third-order valence-corrected chi connectivity index (χ3v) is 3.61. The summed E-state index contributed by atoms with van der Waals surface area (Å²) in [6.07, 6.45) is 0. The zero-order valence-corrected chi connectivity index (χ0v) is 12.9. The average Bonchev–Trinajstić information content (AvgIpc) is 2.50. The molecule has 2 aromatic carbocycles. The Morgan fingerprint density at radius 3 is 1.68 bits per heavy atom. The van der Waals surface area contributed by atoms with E-state index in [4.69, 9.17) is 0 Å². The summed E-state index contributed by atoms with van der Waals surface area (Å²) in [6, 6.07) is 11.5. The average molecular weight is 320 g/mol. The SMILES string of the molecule is CN(C)C(=O)SN=C(c1ccc(F)cc1)c1ccc(F)cc1. The van der Waals surface area contributed by atoms with Crippen molar-refractivity contribution in [2.75, 3.05) is 14.1 Å². The molecule has 0 saturated heterocycles. The minimum Gasteiger partial charge on any atom is -0.338 e. The fraction of sp³-hybridized carbons (Fsp3) is 0.125. The number of carbonyl (C=O) groups excluding carboxylic acids is 1. The Kier molecular flexibility index (Phi) is 5.27. The highest BCUT2D eigenvalue weighted by Gasteiger charge is 2.11. The van der Waals surface area contributed by atoms with E-state index in [0.29, 0.717) is 16.8 Å². The lowest BCUT2D eigenvalue weighted by Gasteiger charge is -2.09. The fourth-order valence-electron chi connectivity index (χ4n) is 1.65. The molecule has 0 aromatic heterocycles. The van der Waals surface area contributed by atoms with E-state index in [1.807, 2.05) is 0 Å². The van der Waals surface area contributed by atoms with Crippen molar-refractivity contribution in [3.63, 3.8) is 0 Å². The van der Waals surface area contributed by atoms with Crippen LogP contribution in [0.15, 0.2) is 52.9 Å². The van der Waals surface area contributed by atoms with Crippen molar-refractivity contribution in [3.05, 3.63) is 71.3 Å². The minimum absolute atomic E-state index is 0.235. The van der Waals surface area contributed by atoms with Crippen LogP contribution in [0.1, 0.15) is 11.1 Å². The standard InChI is InChI=1S/C16H14F2N2OS/c1-20(2)16(21)22-19-15(11-3-7-13(17)8-4-11)12-5-9-14(18)10-6-12/h3-10H,1-2H3. The minimum atomic E-state index is -0.362. The first-order valence-corrected chi connectivity index (χ1v) is 7.23. The maximum Gasteiger partial charge on any atom is 0.303 e. The molecule has 1 amide bonds. The van der Waals surface area contributed by atoms with Crippen LogP contribution in [-0.4, -0.2) is 29.9 Å². The van der Waals surface area contributed by atoms with Crippen LogP contribution in [0.4, 0.5) is 13.6 Å². The second-order valence-corrected chi connectivity index (χ2v) is 5.42. The van der Waals surface area contributed by atoms with E-state index in [1.165, 1.54) is 29.2 Å². The predicted molar refractivity (Wildman–Crippen MR) is 85.1 cm³/mol. The monoisotopic (exact) mass is 320 g/mol. The molecule has 6 heteroatoms. The van der Waals surface area contributed by atoms with Gasteiger partial charge in [0.1, 0.15) is 11.6 Å². The van der Waals surface area contributed by atoms with E-state index in [0.717, 1.165) is 11.9 Å². The van der Waals surface area contributed by atoms with Crippen LogP contribution in [-0.2, 0) is 0 Å². The van der Waals surface area contributed by atoms with E-state index >= 15 is 0 Å². The molecule has 0 unspecified atom stereocenters. The Balaban J connectivity index is 2.40. The predicted octanol–water partition coefficient (Wildman–Crippen LogP) is 4.13. The molecule has 0 aliphatic carbocycles. The van der Waals surface area contributed by atoms with Gasteiger partial charge in [-0.1, -0.05) is 0 Å². The molecule has 2 aromatic rings. The molecule has 3 nitrogen and oxygen atoms in total. The second kappa shape index (κ2) is 7.17. The largest absolute Gasteiger partial charge is 0.338 e. The van der Waals surface area contributed by atoms with E-state index < -0.39 is 0 Å². The summed E-state index contributed by atoms with van der Waals surface area (Å²) in [5.41, 5.74) is 1.78. The molecule has 0 aliphatic heterocycles. The first-order valence-electron chi connectivity index (χ1n) is 6.45. The molecule has 0 aliphatic rings. The van der Waals surface area contributed by atoms with E-state index in [9.17, 15) is 13.6 Å². The number of carbonyl (C=O) groups is 1. The Hall–Kier alpha value is -2.21. The van der Waals surface area contributed by atoms with Gasteiger partial charge in [0.05, 0.1) is 17.7 Å². The van der Waals surface area contributed by atoms with Crippen LogP contribution in [0, 0.1) is 11.6 Å². The number of benzene rings is 2. The van der Waals surface area contributed by atoms with Crippen LogP contribution in [0.5, 0.6) is 0 Å². The number of rotatable bonds is 3. The molecule has 114 valence electrons. The maximum absolute atomic E-state index is 13.1. The Labute approximate surface area is 131 Å². The number of halogens is 2. The second-order valence-electron chi connectivity index (χ2n) is 4.71. The molecule has 0 heterocycles. The highest BCUT2D eigenvalue weighted by Crippen LogP contribution is 2.18. The molecule has 2 rings (SSSR count). The van der Waals surface area contributed by atoms with Crippen molar-refractivity contribution in [1.29, 1.82) is 0 Å². The van der Waals surface area contributed by atoms with E-state index in [1.54, 1.807) is 38.4 Å². The van der Waals surface area contributed by atoms with Gasteiger partial charge in [-0.3, -0.25) is 4.79 Å². The normalized spacial score (nSPS) is 10.2. The topological polar surface area (TPSA) is 32.7 Å². The molecular weight excluding hydrogens is 306 g/mol.